The fourth-order valence-electron chi connectivity index (χ4n) is 2.95. The maximum atomic E-state index is 13.1. The first-order valence-electron chi connectivity index (χ1n) is 9.68. The Kier molecular flexibility index (Phi) is 7.75. The summed E-state index contributed by atoms with van der Waals surface area (Å²) >= 11 is 0. The molecule has 0 amide bonds. The number of nitrogen functional groups attached to an aromatic ring is 1. The Morgan fingerprint density at radius 2 is 1.72 bits per heavy atom. The van der Waals surface area contributed by atoms with Crippen LogP contribution in [-0.4, -0.2) is 76.3 Å². The third-order valence-corrected chi connectivity index (χ3v) is 5.74. The number of anilines is 1. The van der Waals surface area contributed by atoms with E-state index in [1.807, 2.05) is 32.3 Å². The van der Waals surface area contributed by atoms with Crippen LogP contribution in [0.4, 0.5) is 5.82 Å². The van der Waals surface area contributed by atoms with Gasteiger partial charge in [-0.3, -0.25) is 4.57 Å². The van der Waals surface area contributed by atoms with Crippen molar-refractivity contribution in [3.05, 3.63) is 12.7 Å². The molecule has 0 bridgehead atoms. The van der Waals surface area contributed by atoms with Crippen LogP contribution >= 0.6 is 7.60 Å². The third kappa shape index (κ3) is 7.31. The molecule has 164 valence electrons. The fourth-order valence-corrected chi connectivity index (χ4v) is 4.80. The predicted molar refractivity (Wildman–Crippen MR) is 112 cm³/mol. The number of quaternary nitrogens is 1. The Morgan fingerprint density at radius 3 is 2.28 bits per heavy atom. The second-order valence-corrected chi connectivity index (χ2v) is 10.5. The van der Waals surface area contributed by atoms with E-state index in [4.69, 9.17) is 19.5 Å². The molecule has 0 saturated heterocycles. The lowest BCUT2D eigenvalue weighted by atomic mass is 10.3. The van der Waals surface area contributed by atoms with Crippen molar-refractivity contribution in [2.45, 2.75) is 52.6 Å². The van der Waals surface area contributed by atoms with Crippen LogP contribution in [0.3, 0.4) is 0 Å². The lowest BCUT2D eigenvalue weighted by Crippen LogP contribution is -2.44. The normalized spacial score (nSPS) is 14.2. The highest BCUT2D eigenvalue weighted by molar-refractivity contribution is 7.53. The molecule has 1 unspecified atom stereocenters. The molecule has 0 radical (unpaired) electrons. The Morgan fingerprint density at radius 1 is 1.10 bits per heavy atom. The molecule has 0 aliphatic carbocycles. The maximum absolute atomic E-state index is 13.1. The highest BCUT2D eigenvalue weighted by Crippen LogP contribution is 2.50. The quantitative estimate of drug-likeness (QED) is 0.428. The van der Waals surface area contributed by atoms with Crippen LogP contribution in [0, 0.1) is 0 Å². The molecule has 2 aromatic rings. The van der Waals surface area contributed by atoms with E-state index in [0.717, 1.165) is 0 Å². The molecule has 29 heavy (non-hydrogen) atoms. The summed E-state index contributed by atoms with van der Waals surface area (Å²) in [5.74, 6) is 0.331. The van der Waals surface area contributed by atoms with Gasteiger partial charge in [-0.1, -0.05) is 0 Å². The maximum Gasteiger partial charge on any atom is 0.356 e. The van der Waals surface area contributed by atoms with Gasteiger partial charge in [0, 0.05) is 0 Å². The first kappa shape index (κ1) is 23.7. The fraction of sp³-hybridized carbons (Fsp3) is 0.722. The molecule has 10 nitrogen and oxygen atoms in total. The summed E-state index contributed by atoms with van der Waals surface area (Å²) in [6.45, 7) is 8.42. The van der Waals surface area contributed by atoms with Crippen LogP contribution in [0.15, 0.2) is 12.7 Å². The summed E-state index contributed by atoms with van der Waals surface area (Å²) in [4.78, 5) is 12.6. The molecule has 0 aliphatic heterocycles. The number of aromatic nitrogens is 4. The Hall–Kier alpha value is -1.58. The van der Waals surface area contributed by atoms with Crippen LogP contribution in [0.5, 0.6) is 0 Å². The van der Waals surface area contributed by atoms with Gasteiger partial charge in [-0.2, -0.15) is 0 Å². The van der Waals surface area contributed by atoms with Crippen LogP contribution < -0.4 is 5.73 Å². The van der Waals surface area contributed by atoms with Crippen molar-refractivity contribution in [2.75, 3.05) is 39.8 Å². The Labute approximate surface area is 172 Å². The average Bonchev–Trinajstić information content (AvgIpc) is 2.94. The monoisotopic (exact) mass is 429 g/mol. The second-order valence-electron chi connectivity index (χ2n) is 8.64. The van der Waals surface area contributed by atoms with Gasteiger partial charge in [0.1, 0.15) is 30.8 Å². The van der Waals surface area contributed by atoms with E-state index in [0.29, 0.717) is 34.6 Å². The van der Waals surface area contributed by atoms with E-state index >= 15 is 0 Å². The molecule has 11 heteroatoms. The Bertz CT molecular complexity index is 834. The van der Waals surface area contributed by atoms with Gasteiger partial charge >= 0.3 is 7.60 Å². The molecule has 0 aliphatic rings. The largest absolute Gasteiger partial charge is 0.382 e. The average molecular weight is 429 g/mol. The van der Waals surface area contributed by atoms with Crippen molar-refractivity contribution in [3.8, 4) is 0 Å². The van der Waals surface area contributed by atoms with Gasteiger partial charge in [-0.15, -0.1) is 0 Å². The van der Waals surface area contributed by atoms with Crippen molar-refractivity contribution >= 4 is 24.6 Å². The summed E-state index contributed by atoms with van der Waals surface area (Å²) < 4.78 is 32.9. The van der Waals surface area contributed by atoms with Gasteiger partial charge in [-0.05, 0) is 27.7 Å². The number of imidazole rings is 1. The molecular weight excluding hydrogens is 395 g/mol. The highest BCUT2D eigenvalue weighted by atomic mass is 31.2. The zero-order chi connectivity index (χ0) is 21.8. The standard InChI is InChI=1S/C18H34N6O4P/c1-13(2)27-29(25,28-14(3)4)12-26-15(9-24(5,6)7)8-23-11-22-16-17(19)20-10-21-18(16)23/h10-11,13-15H,8-9,12H2,1-7H3,(H2,19,20,21)/q+1. The third-order valence-electron chi connectivity index (χ3n) is 3.79. The van der Waals surface area contributed by atoms with E-state index in [2.05, 4.69) is 36.1 Å². The van der Waals surface area contributed by atoms with E-state index < -0.39 is 7.60 Å². The van der Waals surface area contributed by atoms with E-state index in [-0.39, 0.29) is 24.7 Å². The van der Waals surface area contributed by atoms with E-state index in [9.17, 15) is 4.57 Å². The lowest BCUT2D eigenvalue weighted by Gasteiger charge is -2.31. The lowest BCUT2D eigenvalue weighted by molar-refractivity contribution is -0.873. The van der Waals surface area contributed by atoms with Crippen molar-refractivity contribution in [3.63, 3.8) is 0 Å². The summed E-state index contributed by atoms with van der Waals surface area (Å²) in [5.41, 5.74) is 7.06. The number of ether oxygens (including phenoxy) is 1. The first-order chi connectivity index (χ1) is 13.4. The van der Waals surface area contributed by atoms with Gasteiger partial charge in [-0.25, -0.2) is 15.0 Å². The van der Waals surface area contributed by atoms with Gasteiger partial charge in [0.05, 0.1) is 46.2 Å². The number of likely N-dealkylation sites (N-methyl/N-ethyl adjacent to an activating group) is 1. The number of hydrogen-bond donors (Lipinski definition) is 1. The SMILES string of the molecule is CC(C)OP(=O)(COC(Cn1cnc2c(N)ncnc21)C[N+](C)(C)C)OC(C)C. The number of fused-ring (bicyclic) bond motifs is 1. The second kappa shape index (κ2) is 9.49. The van der Waals surface area contributed by atoms with Gasteiger partial charge < -0.3 is 28.6 Å². The topological polar surface area (TPSA) is 114 Å². The minimum Gasteiger partial charge on any atom is -0.382 e. The molecule has 2 N–H and O–H groups in total. The molecule has 2 rings (SSSR count). The molecule has 2 aromatic heterocycles. The Balaban J connectivity index is 2.21. The van der Waals surface area contributed by atoms with Gasteiger partial charge in [0.15, 0.2) is 11.5 Å². The van der Waals surface area contributed by atoms with Crippen LogP contribution in [-0.2, 0) is 24.9 Å². The summed E-state index contributed by atoms with van der Waals surface area (Å²) in [5, 5.41) is 0. The van der Waals surface area contributed by atoms with E-state index in [1.165, 1.54) is 6.33 Å². The number of rotatable bonds is 11. The summed E-state index contributed by atoms with van der Waals surface area (Å²) in [7, 11) is 2.80. The number of nitrogens with two attached hydrogens (primary N) is 1. The molecule has 0 aromatic carbocycles. The van der Waals surface area contributed by atoms with Gasteiger partial charge in [0.25, 0.3) is 0 Å². The van der Waals surface area contributed by atoms with Crippen LogP contribution in [0.2, 0.25) is 0 Å². The molecule has 1 atom stereocenters. The van der Waals surface area contributed by atoms with Crippen LogP contribution in [0.25, 0.3) is 11.2 Å². The molecule has 0 spiro atoms. The number of nitrogens with zero attached hydrogens (tertiary/aromatic N) is 5. The van der Waals surface area contributed by atoms with Crippen molar-refractivity contribution in [2.24, 2.45) is 0 Å². The molecule has 0 saturated carbocycles. The van der Waals surface area contributed by atoms with Crippen molar-refractivity contribution in [1.82, 2.24) is 19.5 Å². The molecule has 0 fully saturated rings. The van der Waals surface area contributed by atoms with Crippen molar-refractivity contribution < 1.29 is 22.8 Å². The molecular formula is C18H34N6O4P+. The summed E-state index contributed by atoms with van der Waals surface area (Å²) in [6.07, 6.45) is 2.19. The van der Waals surface area contributed by atoms with Gasteiger partial charge in [0.2, 0.25) is 0 Å². The zero-order valence-electron chi connectivity index (χ0n) is 18.4. The smallest absolute Gasteiger partial charge is 0.356 e. The zero-order valence-corrected chi connectivity index (χ0v) is 19.3. The van der Waals surface area contributed by atoms with Crippen LogP contribution in [0.1, 0.15) is 27.7 Å². The predicted octanol–water partition coefficient (Wildman–Crippen LogP) is 2.50. The highest BCUT2D eigenvalue weighted by Gasteiger charge is 2.31. The first-order valence-corrected chi connectivity index (χ1v) is 11.4. The van der Waals surface area contributed by atoms with E-state index in [1.54, 1.807) is 6.33 Å². The minimum atomic E-state index is -3.40. The summed E-state index contributed by atoms with van der Waals surface area (Å²) in [6, 6.07) is 0. The molecule has 2 heterocycles. The minimum absolute atomic E-state index is 0.127. The number of hydrogen-bond acceptors (Lipinski definition) is 8. The van der Waals surface area contributed by atoms with Crippen molar-refractivity contribution in [1.29, 1.82) is 0 Å².